The monoisotopic (exact) mass is 241 g/mol. The molecule has 0 unspecified atom stereocenters. The average molecular weight is 241 g/mol. The molecular formula is C13H17F2NO. The second-order valence-corrected chi connectivity index (χ2v) is 3.88. The molecule has 17 heavy (non-hydrogen) atoms. The maximum atomic E-state index is 13.7. The molecule has 1 rings (SSSR count). The van der Waals surface area contributed by atoms with Crippen LogP contribution < -0.4 is 4.90 Å². The lowest BCUT2D eigenvalue weighted by Crippen LogP contribution is -2.26. The first-order chi connectivity index (χ1) is 8.13. The first-order valence-electron chi connectivity index (χ1n) is 5.83. The zero-order valence-corrected chi connectivity index (χ0v) is 10.2. The van der Waals surface area contributed by atoms with Crippen LogP contribution in [-0.4, -0.2) is 19.4 Å². The Balaban J connectivity index is 3.06. The molecule has 0 saturated carbocycles. The predicted molar refractivity (Wildman–Crippen MR) is 64.5 cm³/mol. The number of hydrogen-bond acceptors (Lipinski definition) is 2. The summed E-state index contributed by atoms with van der Waals surface area (Å²) < 4.78 is 27.4. The Kier molecular flexibility index (Phi) is 5.07. The highest BCUT2D eigenvalue weighted by atomic mass is 19.1. The first-order valence-corrected chi connectivity index (χ1v) is 5.83. The van der Waals surface area contributed by atoms with Crippen LogP contribution in [0, 0.1) is 11.6 Å². The molecule has 0 aliphatic rings. The number of carbonyl (C=O) groups excluding carboxylic acids is 1. The van der Waals surface area contributed by atoms with Gasteiger partial charge in [0, 0.05) is 18.7 Å². The van der Waals surface area contributed by atoms with Gasteiger partial charge >= 0.3 is 0 Å². The minimum absolute atomic E-state index is 0.0234. The Hall–Kier alpha value is -1.45. The second-order valence-electron chi connectivity index (χ2n) is 3.88. The van der Waals surface area contributed by atoms with Gasteiger partial charge in [-0.05, 0) is 25.5 Å². The molecule has 0 fully saturated rings. The second kappa shape index (κ2) is 6.33. The van der Waals surface area contributed by atoms with Gasteiger partial charge in [-0.15, -0.1) is 0 Å². The molecule has 0 aromatic heterocycles. The van der Waals surface area contributed by atoms with Gasteiger partial charge in [-0.3, -0.25) is 4.79 Å². The van der Waals surface area contributed by atoms with Gasteiger partial charge in [-0.1, -0.05) is 13.3 Å². The van der Waals surface area contributed by atoms with E-state index in [4.69, 9.17) is 0 Å². The summed E-state index contributed by atoms with van der Waals surface area (Å²) in [5.41, 5.74) is -0.0122. The SMILES string of the molecule is CCCCN(CC)c1c(F)cc(C=O)cc1F. The molecular weight excluding hydrogens is 224 g/mol. The smallest absolute Gasteiger partial charge is 0.150 e. The summed E-state index contributed by atoms with van der Waals surface area (Å²) in [6, 6.07) is 2.14. The van der Waals surface area contributed by atoms with E-state index in [0.717, 1.165) is 25.0 Å². The van der Waals surface area contributed by atoms with Crippen LogP contribution in [0.4, 0.5) is 14.5 Å². The van der Waals surface area contributed by atoms with Gasteiger partial charge in [0.15, 0.2) is 0 Å². The van der Waals surface area contributed by atoms with Crippen molar-refractivity contribution in [2.45, 2.75) is 26.7 Å². The topological polar surface area (TPSA) is 20.3 Å². The molecule has 0 heterocycles. The Morgan fingerprint density at radius 1 is 1.24 bits per heavy atom. The molecule has 0 aliphatic heterocycles. The van der Waals surface area contributed by atoms with E-state index < -0.39 is 11.6 Å². The Labute approximate surface area is 100 Å². The molecule has 4 heteroatoms. The van der Waals surface area contributed by atoms with Gasteiger partial charge in [0.2, 0.25) is 0 Å². The molecule has 0 aliphatic carbocycles. The molecule has 0 saturated heterocycles. The third-order valence-corrected chi connectivity index (χ3v) is 2.65. The number of hydrogen-bond donors (Lipinski definition) is 0. The molecule has 2 nitrogen and oxygen atoms in total. The van der Waals surface area contributed by atoms with E-state index >= 15 is 0 Å². The van der Waals surface area contributed by atoms with Crippen molar-refractivity contribution in [3.8, 4) is 0 Å². The minimum Gasteiger partial charge on any atom is -0.367 e. The van der Waals surface area contributed by atoms with Crippen molar-refractivity contribution in [1.29, 1.82) is 0 Å². The Morgan fingerprint density at radius 2 is 1.82 bits per heavy atom. The van der Waals surface area contributed by atoms with Crippen LogP contribution in [0.25, 0.3) is 0 Å². The fraction of sp³-hybridized carbons (Fsp3) is 0.462. The van der Waals surface area contributed by atoms with E-state index in [9.17, 15) is 13.6 Å². The van der Waals surface area contributed by atoms with Gasteiger partial charge in [0.05, 0.1) is 0 Å². The molecule has 0 bridgehead atoms. The maximum absolute atomic E-state index is 13.7. The molecule has 0 spiro atoms. The highest BCUT2D eigenvalue weighted by Crippen LogP contribution is 2.24. The van der Waals surface area contributed by atoms with Crippen LogP contribution in [0.2, 0.25) is 0 Å². The average Bonchev–Trinajstić information content (AvgIpc) is 2.32. The summed E-state index contributed by atoms with van der Waals surface area (Å²) in [5.74, 6) is -1.35. The zero-order chi connectivity index (χ0) is 12.8. The molecule has 1 aromatic carbocycles. The lowest BCUT2D eigenvalue weighted by Gasteiger charge is -2.24. The number of aldehydes is 1. The van der Waals surface area contributed by atoms with Crippen LogP contribution in [-0.2, 0) is 0 Å². The fourth-order valence-corrected chi connectivity index (χ4v) is 1.73. The van der Waals surface area contributed by atoms with Crippen molar-refractivity contribution in [1.82, 2.24) is 0 Å². The van der Waals surface area contributed by atoms with Crippen LogP contribution in [0.15, 0.2) is 12.1 Å². The highest BCUT2D eigenvalue weighted by molar-refractivity contribution is 5.76. The highest BCUT2D eigenvalue weighted by Gasteiger charge is 2.16. The van der Waals surface area contributed by atoms with Crippen LogP contribution >= 0.6 is 0 Å². The lowest BCUT2D eigenvalue weighted by atomic mass is 10.1. The summed E-state index contributed by atoms with van der Waals surface area (Å²) in [5, 5.41) is 0. The number of nitrogens with zero attached hydrogens (tertiary/aromatic N) is 1. The van der Waals surface area contributed by atoms with Crippen LogP contribution in [0.3, 0.4) is 0 Å². The largest absolute Gasteiger partial charge is 0.367 e. The fourth-order valence-electron chi connectivity index (χ4n) is 1.73. The van der Waals surface area contributed by atoms with Gasteiger partial charge in [0.1, 0.15) is 23.6 Å². The van der Waals surface area contributed by atoms with Crippen molar-refractivity contribution >= 4 is 12.0 Å². The quantitative estimate of drug-likeness (QED) is 0.711. The maximum Gasteiger partial charge on any atom is 0.150 e. The summed E-state index contributed by atoms with van der Waals surface area (Å²) >= 11 is 0. The third-order valence-electron chi connectivity index (χ3n) is 2.65. The summed E-state index contributed by atoms with van der Waals surface area (Å²) in [4.78, 5) is 12.1. The predicted octanol–water partition coefficient (Wildman–Crippen LogP) is 3.40. The van der Waals surface area contributed by atoms with Crippen molar-refractivity contribution in [2.75, 3.05) is 18.0 Å². The number of rotatable bonds is 6. The summed E-state index contributed by atoms with van der Waals surface area (Å²) in [7, 11) is 0. The van der Waals surface area contributed by atoms with Gasteiger partial charge in [0.25, 0.3) is 0 Å². The molecule has 0 atom stereocenters. The Bertz CT molecular complexity index is 370. The Morgan fingerprint density at radius 3 is 2.24 bits per heavy atom. The van der Waals surface area contributed by atoms with E-state index in [-0.39, 0.29) is 11.3 Å². The first kappa shape index (κ1) is 13.6. The number of anilines is 1. The normalized spacial score (nSPS) is 10.4. The minimum atomic E-state index is -0.676. The number of benzene rings is 1. The van der Waals surface area contributed by atoms with E-state index in [1.807, 2.05) is 13.8 Å². The van der Waals surface area contributed by atoms with Gasteiger partial charge in [-0.2, -0.15) is 0 Å². The van der Waals surface area contributed by atoms with E-state index in [0.29, 0.717) is 19.4 Å². The lowest BCUT2D eigenvalue weighted by molar-refractivity contribution is 0.112. The van der Waals surface area contributed by atoms with E-state index in [2.05, 4.69) is 0 Å². The van der Waals surface area contributed by atoms with E-state index in [1.165, 1.54) is 0 Å². The van der Waals surface area contributed by atoms with E-state index in [1.54, 1.807) is 4.90 Å². The number of carbonyl (C=O) groups is 1. The molecule has 0 radical (unpaired) electrons. The molecule has 94 valence electrons. The molecule has 0 amide bonds. The van der Waals surface area contributed by atoms with Crippen LogP contribution in [0.5, 0.6) is 0 Å². The van der Waals surface area contributed by atoms with Crippen molar-refractivity contribution < 1.29 is 13.6 Å². The number of halogens is 2. The van der Waals surface area contributed by atoms with Crippen molar-refractivity contribution in [3.63, 3.8) is 0 Å². The van der Waals surface area contributed by atoms with Crippen LogP contribution in [0.1, 0.15) is 37.0 Å². The van der Waals surface area contributed by atoms with Crippen molar-refractivity contribution in [2.24, 2.45) is 0 Å². The number of unbranched alkanes of at least 4 members (excludes halogenated alkanes) is 1. The standard InChI is InChI=1S/C13H17F2NO/c1-3-5-6-16(4-2)13-11(14)7-10(9-17)8-12(13)15/h7-9H,3-6H2,1-2H3. The summed E-state index contributed by atoms with van der Waals surface area (Å²) in [6.07, 6.45) is 2.28. The van der Waals surface area contributed by atoms with Crippen molar-refractivity contribution in [3.05, 3.63) is 29.3 Å². The summed E-state index contributed by atoms with van der Waals surface area (Å²) in [6.45, 7) is 5.02. The molecule has 0 N–H and O–H groups in total. The zero-order valence-electron chi connectivity index (χ0n) is 10.2. The van der Waals surface area contributed by atoms with Gasteiger partial charge in [-0.25, -0.2) is 8.78 Å². The molecule has 1 aromatic rings. The van der Waals surface area contributed by atoms with Gasteiger partial charge < -0.3 is 4.90 Å². The third kappa shape index (κ3) is 3.25.